The van der Waals surface area contributed by atoms with Crippen LogP contribution in [0.4, 0.5) is 5.69 Å². The van der Waals surface area contributed by atoms with E-state index in [-0.39, 0.29) is 16.7 Å². The Bertz CT molecular complexity index is 636. The van der Waals surface area contributed by atoms with Gasteiger partial charge in [0.05, 0.1) is 10.6 Å². The molecule has 0 amide bonds. The lowest BCUT2D eigenvalue weighted by molar-refractivity contribution is -0.385. The molecule has 0 radical (unpaired) electrons. The highest BCUT2D eigenvalue weighted by Gasteiger charge is 2.18. The zero-order valence-electron chi connectivity index (χ0n) is 12.5. The molecular formula is C15H20N4O2. The number of nitrogens with one attached hydrogen (secondary N) is 1. The van der Waals surface area contributed by atoms with Crippen molar-refractivity contribution in [3.8, 4) is 0 Å². The summed E-state index contributed by atoms with van der Waals surface area (Å²) >= 11 is 0. The molecule has 0 aliphatic carbocycles. The molecule has 1 N–H and O–H groups in total. The third-order valence-corrected chi connectivity index (χ3v) is 3.53. The summed E-state index contributed by atoms with van der Waals surface area (Å²) in [7, 11) is 1.90. The Labute approximate surface area is 123 Å². The van der Waals surface area contributed by atoms with Crippen molar-refractivity contribution in [3.05, 3.63) is 57.4 Å². The predicted molar refractivity (Wildman–Crippen MR) is 80.9 cm³/mol. The molecule has 0 saturated carbocycles. The molecule has 1 atom stereocenters. The van der Waals surface area contributed by atoms with Crippen molar-refractivity contribution < 1.29 is 4.92 Å². The van der Waals surface area contributed by atoms with Crippen molar-refractivity contribution in [2.75, 3.05) is 0 Å². The van der Waals surface area contributed by atoms with Gasteiger partial charge in [-0.05, 0) is 13.3 Å². The molecule has 0 aliphatic heterocycles. The first-order valence-corrected chi connectivity index (χ1v) is 7.01. The van der Waals surface area contributed by atoms with Crippen LogP contribution in [-0.2, 0) is 20.0 Å². The van der Waals surface area contributed by atoms with E-state index in [1.807, 2.05) is 26.2 Å². The van der Waals surface area contributed by atoms with Gasteiger partial charge in [-0.2, -0.15) is 5.10 Å². The van der Waals surface area contributed by atoms with Crippen LogP contribution in [0.2, 0.25) is 0 Å². The first-order chi connectivity index (χ1) is 10.0. The second kappa shape index (κ2) is 6.49. The van der Waals surface area contributed by atoms with Crippen molar-refractivity contribution >= 4 is 5.69 Å². The highest BCUT2D eigenvalue weighted by molar-refractivity contribution is 5.41. The molecule has 0 fully saturated rings. The number of hydrogen-bond acceptors (Lipinski definition) is 4. The Balaban J connectivity index is 2.11. The van der Waals surface area contributed by atoms with Gasteiger partial charge in [-0.15, -0.1) is 0 Å². The normalized spacial score (nSPS) is 12.3. The van der Waals surface area contributed by atoms with Crippen LogP contribution < -0.4 is 5.32 Å². The topological polar surface area (TPSA) is 73.0 Å². The maximum Gasteiger partial charge on any atom is 0.274 e. The number of para-hydroxylation sites is 1. The summed E-state index contributed by atoms with van der Waals surface area (Å²) in [5.41, 5.74) is 3.04. The van der Waals surface area contributed by atoms with E-state index in [1.54, 1.807) is 16.8 Å². The quantitative estimate of drug-likeness (QED) is 0.655. The zero-order chi connectivity index (χ0) is 15.4. The van der Waals surface area contributed by atoms with Gasteiger partial charge >= 0.3 is 0 Å². The number of hydrogen-bond donors (Lipinski definition) is 1. The number of rotatable bonds is 6. The number of aryl methyl sites for hydroxylation is 2. The molecule has 1 aromatic carbocycles. The number of benzene rings is 1. The van der Waals surface area contributed by atoms with Gasteiger partial charge < -0.3 is 5.32 Å². The third kappa shape index (κ3) is 3.46. The van der Waals surface area contributed by atoms with Gasteiger partial charge in [-0.25, -0.2) is 0 Å². The smallest absolute Gasteiger partial charge is 0.274 e. The van der Waals surface area contributed by atoms with E-state index in [0.717, 1.165) is 17.7 Å². The fourth-order valence-electron chi connectivity index (χ4n) is 2.42. The summed E-state index contributed by atoms with van der Waals surface area (Å²) in [5.74, 6) is 0. The molecule has 0 saturated heterocycles. The second-order valence-corrected chi connectivity index (χ2v) is 5.05. The second-order valence-electron chi connectivity index (χ2n) is 5.05. The van der Waals surface area contributed by atoms with Crippen LogP contribution in [0, 0.1) is 10.1 Å². The van der Waals surface area contributed by atoms with Crippen molar-refractivity contribution in [2.24, 2.45) is 7.05 Å². The largest absolute Gasteiger partial charge is 0.306 e. The van der Waals surface area contributed by atoms with E-state index < -0.39 is 0 Å². The van der Waals surface area contributed by atoms with E-state index >= 15 is 0 Å². The molecule has 2 rings (SSSR count). The van der Waals surface area contributed by atoms with Gasteiger partial charge in [0.1, 0.15) is 0 Å². The predicted octanol–water partition coefficient (Wildman–Crippen LogP) is 2.74. The zero-order valence-corrected chi connectivity index (χ0v) is 12.5. The fraction of sp³-hybridized carbons (Fsp3) is 0.400. The summed E-state index contributed by atoms with van der Waals surface area (Å²) < 4.78 is 1.80. The third-order valence-electron chi connectivity index (χ3n) is 3.53. The van der Waals surface area contributed by atoms with E-state index in [9.17, 15) is 10.1 Å². The lowest BCUT2D eigenvalue weighted by atomic mass is 10.1. The monoisotopic (exact) mass is 288 g/mol. The lowest BCUT2D eigenvalue weighted by Crippen LogP contribution is -2.19. The van der Waals surface area contributed by atoms with Gasteiger partial charge in [0.15, 0.2) is 0 Å². The molecule has 2 aromatic rings. The Morgan fingerprint density at radius 1 is 1.43 bits per heavy atom. The summed E-state index contributed by atoms with van der Waals surface area (Å²) in [5, 5.41) is 18.8. The standard InChI is InChI=1S/C15H20N4O2/c1-4-14-12(10-18(3)17-14)9-16-11(2)13-7-5-6-8-15(13)19(20)21/h5-8,10-11,16H,4,9H2,1-3H3. The minimum absolute atomic E-state index is 0.100. The van der Waals surface area contributed by atoms with Crippen molar-refractivity contribution in [1.29, 1.82) is 0 Å². The van der Waals surface area contributed by atoms with E-state index in [1.165, 1.54) is 6.07 Å². The molecule has 112 valence electrons. The van der Waals surface area contributed by atoms with Gasteiger partial charge in [-0.1, -0.05) is 25.1 Å². The Morgan fingerprint density at radius 2 is 2.14 bits per heavy atom. The number of aromatic nitrogens is 2. The first kappa shape index (κ1) is 15.2. The summed E-state index contributed by atoms with van der Waals surface area (Å²) in [6.45, 7) is 4.64. The van der Waals surface area contributed by atoms with Crippen LogP contribution in [0.15, 0.2) is 30.5 Å². The van der Waals surface area contributed by atoms with Crippen LogP contribution >= 0.6 is 0 Å². The van der Waals surface area contributed by atoms with Gasteiger partial charge in [0.25, 0.3) is 5.69 Å². The molecule has 0 bridgehead atoms. The summed E-state index contributed by atoms with van der Waals surface area (Å²) in [6.07, 6.45) is 2.86. The van der Waals surface area contributed by atoms with Crippen LogP contribution in [-0.4, -0.2) is 14.7 Å². The van der Waals surface area contributed by atoms with E-state index in [2.05, 4.69) is 17.3 Å². The van der Waals surface area contributed by atoms with Gasteiger partial charge in [0, 0.05) is 43.0 Å². The van der Waals surface area contributed by atoms with Crippen molar-refractivity contribution in [2.45, 2.75) is 32.9 Å². The fourth-order valence-corrected chi connectivity index (χ4v) is 2.42. The number of nitrogens with zero attached hydrogens (tertiary/aromatic N) is 3. The minimum atomic E-state index is -0.338. The molecular weight excluding hydrogens is 268 g/mol. The molecule has 1 unspecified atom stereocenters. The Hall–Kier alpha value is -2.21. The van der Waals surface area contributed by atoms with Crippen molar-refractivity contribution in [3.63, 3.8) is 0 Å². The van der Waals surface area contributed by atoms with Crippen LogP contribution in [0.25, 0.3) is 0 Å². The molecule has 6 nitrogen and oxygen atoms in total. The van der Waals surface area contributed by atoms with Gasteiger partial charge in [0.2, 0.25) is 0 Å². The number of nitro groups is 1. The maximum atomic E-state index is 11.1. The van der Waals surface area contributed by atoms with Crippen molar-refractivity contribution in [1.82, 2.24) is 15.1 Å². The number of nitro benzene ring substituents is 1. The first-order valence-electron chi connectivity index (χ1n) is 7.01. The average molecular weight is 288 g/mol. The summed E-state index contributed by atoms with van der Waals surface area (Å²) in [6, 6.07) is 6.73. The van der Waals surface area contributed by atoms with Crippen LogP contribution in [0.5, 0.6) is 0 Å². The molecule has 21 heavy (non-hydrogen) atoms. The summed E-state index contributed by atoms with van der Waals surface area (Å²) in [4.78, 5) is 10.7. The molecule has 6 heteroatoms. The van der Waals surface area contributed by atoms with E-state index in [0.29, 0.717) is 12.1 Å². The molecule has 1 heterocycles. The maximum absolute atomic E-state index is 11.1. The Morgan fingerprint density at radius 3 is 2.81 bits per heavy atom. The highest BCUT2D eigenvalue weighted by atomic mass is 16.6. The molecule has 1 aromatic heterocycles. The lowest BCUT2D eigenvalue weighted by Gasteiger charge is -2.14. The van der Waals surface area contributed by atoms with Gasteiger partial charge in [-0.3, -0.25) is 14.8 Å². The SMILES string of the molecule is CCc1nn(C)cc1CNC(C)c1ccccc1[N+](=O)[O-]. The molecule has 0 aliphatic rings. The van der Waals surface area contributed by atoms with Crippen LogP contribution in [0.3, 0.4) is 0 Å². The van der Waals surface area contributed by atoms with Crippen LogP contribution in [0.1, 0.15) is 36.7 Å². The minimum Gasteiger partial charge on any atom is -0.306 e. The Kier molecular flexibility index (Phi) is 4.70. The molecule has 0 spiro atoms. The highest BCUT2D eigenvalue weighted by Crippen LogP contribution is 2.24. The van der Waals surface area contributed by atoms with E-state index in [4.69, 9.17) is 0 Å². The average Bonchev–Trinajstić information content (AvgIpc) is 2.84.